The number of aromatic nitrogens is 1. The molecule has 0 fully saturated rings. The number of nitrogens with zero attached hydrogens (tertiary/aromatic N) is 1. The number of rotatable bonds is 8. The van der Waals surface area contributed by atoms with Crippen molar-refractivity contribution >= 4 is 11.6 Å². The molecule has 0 radical (unpaired) electrons. The van der Waals surface area contributed by atoms with Gasteiger partial charge in [-0.05, 0) is 25.8 Å². The lowest BCUT2D eigenvalue weighted by molar-refractivity contribution is 0.0949. The van der Waals surface area contributed by atoms with Crippen molar-refractivity contribution < 1.29 is 9.53 Å². The van der Waals surface area contributed by atoms with E-state index in [9.17, 15) is 4.79 Å². The van der Waals surface area contributed by atoms with Crippen LogP contribution in [0.4, 0.5) is 5.69 Å². The highest BCUT2D eigenvalue weighted by Crippen LogP contribution is 2.15. The molecule has 5 heteroatoms. The SMILES string of the molecule is CCCNc1cc(C)ncc1C(=O)NCCCOC. The summed E-state index contributed by atoms with van der Waals surface area (Å²) in [5.41, 5.74) is 2.34. The van der Waals surface area contributed by atoms with E-state index in [2.05, 4.69) is 22.5 Å². The fourth-order valence-corrected chi connectivity index (χ4v) is 1.66. The first-order chi connectivity index (χ1) is 9.19. The molecule has 1 rings (SSSR count). The van der Waals surface area contributed by atoms with Gasteiger partial charge in [0, 0.05) is 38.7 Å². The fourth-order valence-electron chi connectivity index (χ4n) is 1.66. The van der Waals surface area contributed by atoms with E-state index >= 15 is 0 Å². The zero-order valence-corrected chi connectivity index (χ0v) is 12.0. The number of hydrogen-bond acceptors (Lipinski definition) is 4. The molecule has 0 bridgehead atoms. The van der Waals surface area contributed by atoms with Crippen LogP contribution in [-0.4, -0.2) is 37.7 Å². The van der Waals surface area contributed by atoms with Crippen molar-refractivity contribution in [3.05, 3.63) is 23.5 Å². The van der Waals surface area contributed by atoms with Crippen LogP contribution in [0.25, 0.3) is 0 Å². The summed E-state index contributed by atoms with van der Waals surface area (Å²) in [6, 6.07) is 1.90. The first-order valence-corrected chi connectivity index (χ1v) is 6.66. The summed E-state index contributed by atoms with van der Waals surface area (Å²) >= 11 is 0. The number of carbonyl (C=O) groups is 1. The maximum atomic E-state index is 12.1. The van der Waals surface area contributed by atoms with Gasteiger partial charge in [0.1, 0.15) is 0 Å². The third-order valence-electron chi connectivity index (χ3n) is 2.66. The van der Waals surface area contributed by atoms with Gasteiger partial charge in [-0.25, -0.2) is 0 Å². The van der Waals surface area contributed by atoms with Gasteiger partial charge < -0.3 is 15.4 Å². The van der Waals surface area contributed by atoms with Crippen molar-refractivity contribution in [2.45, 2.75) is 26.7 Å². The van der Waals surface area contributed by atoms with E-state index in [4.69, 9.17) is 4.74 Å². The van der Waals surface area contributed by atoms with Crippen LogP contribution in [0.5, 0.6) is 0 Å². The van der Waals surface area contributed by atoms with Crippen LogP contribution in [0.15, 0.2) is 12.3 Å². The highest BCUT2D eigenvalue weighted by atomic mass is 16.5. The number of hydrogen-bond donors (Lipinski definition) is 2. The molecule has 5 nitrogen and oxygen atoms in total. The minimum Gasteiger partial charge on any atom is -0.385 e. The topological polar surface area (TPSA) is 63.2 Å². The number of pyridine rings is 1. The number of nitrogens with one attached hydrogen (secondary N) is 2. The maximum absolute atomic E-state index is 12.1. The standard InChI is InChI=1S/C14H23N3O2/c1-4-6-15-13-9-11(2)17-10-12(13)14(18)16-7-5-8-19-3/h9-10H,4-8H2,1-3H3,(H,15,17)(H,16,18). The highest BCUT2D eigenvalue weighted by molar-refractivity contribution is 5.99. The zero-order valence-electron chi connectivity index (χ0n) is 12.0. The van der Waals surface area contributed by atoms with Crippen molar-refractivity contribution in [3.8, 4) is 0 Å². The monoisotopic (exact) mass is 265 g/mol. The summed E-state index contributed by atoms with van der Waals surface area (Å²) < 4.78 is 4.95. The second kappa shape index (κ2) is 8.48. The molecule has 1 aromatic rings. The number of methoxy groups -OCH3 is 1. The van der Waals surface area contributed by atoms with Gasteiger partial charge in [-0.15, -0.1) is 0 Å². The second-order valence-electron chi connectivity index (χ2n) is 4.40. The molecule has 19 heavy (non-hydrogen) atoms. The number of amides is 1. The molecule has 1 heterocycles. The van der Waals surface area contributed by atoms with Crippen LogP contribution in [0.3, 0.4) is 0 Å². The first kappa shape index (κ1) is 15.4. The Morgan fingerprint density at radius 3 is 2.89 bits per heavy atom. The number of carbonyl (C=O) groups excluding carboxylic acids is 1. The predicted molar refractivity (Wildman–Crippen MR) is 76.6 cm³/mol. The summed E-state index contributed by atoms with van der Waals surface area (Å²) in [6.07, 6.45) is 3.44. The van der Waals surface area contributed by atoms with Crippen molar-refractivity contribution in [2.75, 3.05) is 32.1 Å². The lowest BCUT2D eigenvalue weighted by Crippen LogP contribution is -2.26. The molecule has 1 aromatic heterocycles. The van der Waals surface area contributed by atoms with E-state index < -0.39 is 0 Å². The third-order valence-corrected chi connectivity index (χ3v) is 2.66. The smallest absolute Gasteiger partial charge is 0.254 e. The Labute approximate surface area is 114 Å². The normalized spacial score (nSPS) is 10.3. The van der Waals surface area contributed by atoms with Gasteiger partial charge in [0.25, 0.3) is 5.91 Å². The Kier molecular flexibility index (Phi) is 6.89. The van der Waals surface area contributed by atoms with Crippen LogP contribution >= 0.6 is 0 Å². The molecule has 0 spiro atoms. The molecule has 1 amide bonds. The molecule has 2 N–H and O–H groups in total. The molecule has 0 aliphatic rings. The lowest BCUT2D eigenvalue weighted by atomic mass is 10.2. The van der Waals surface area contributed by atoms with Crippen LogP contribution in [0.2, 0.25) is 0 Å². The molecule has 0 saturated heterocycles. The van der Waals surface area contributed by atoms with Crippen molar-refractivity contribution in [2.24, 2.45) is 0 Å². The van der Waals surface area contributed by atoms with Crippen molar-refractivity contribution in [1.29, 1.82) is 0 Å². The Morgan fingerprint density at radius 2 is 2.21 bits per heavy atom. The summed E-state index contributed by atoms with van der Waals surface area (Å²) in [4.78, 5) is 16.3. The van der Waals surface area contributed by atoms with E-state index in [0.717, 1.165) is 30.8 Å². The first-order valence-electron chi connectivity index (χ1n) is 6.66. The van der Waals surface area contributed by atoms with E-state index in [1.54, 1.807) is 13.3 Å². The Bertz CT molecular complexity index is 408. The van der Waals surface area contributed by atoms with Crippen molar-refractivity contribution in [3.63, 3.8) is 0 Å². The number of aryl methyl sites for hydroxylation is 1. The zero-order chi connectivity index (χ0) is 14.1. The second-order valence-corrected chi connectivity index (χ2v) is 4.40. The van der Waals surface area contributed by atoms with Gasteiger partial charge in [-0.2, -0.15) is 0 Å². The quantitative estimate of drug-likeness (QED) is 0.705. The fraction of sp³-hybridized carbons (Fsp3) is 0.571. The molecule has 0 aliphatic carbocycles. The molecule has 0 aromatic carbocycles. The van der Waals surface area contributed by atoms with E-state index in [0.29, 0.717) is 18.7 Å². The Hall–Kier alpha value is -1.62. The third kappa shape index (κ3) is 5.26. The maximum Gasteiger partial charge on any atom is 0.254 e. The average Bonchev–Trinajstić information content (AvgIpc) is 2.41. The number of ether oxygens (including phenoxy) is 1. The summed E-state index contributed by atoms with van der Waals surface area (Å²) in [5, 5.41) is 6.13. The molecular formula is C14H23N3O2. The average molecular weight is 265 g/mol. The Morgan fingerprint density at radius 1 is 1.42 bits per heavy atom. The predicted octanol–water partition coefficient (Wildman–Crippen LogP) is 1.98. The molecule has 106 valence electrons. The molecule has 0 saturated carbocycles. The molecule has 0 aliphatic heterocycles. The van der Waals surface area contributed by atoms with Gasteiger partial charge in [0.15, 0.2) is 0 Å². The van der Waals surface area contributed by atoms with E-state index in [1.807, 2.05) is 13.0 Å². The minimum absolute atomic E-state index is 0.0952. The van der Waals surface area contributed by atoms with Crippen molar-refractivity contribution in [1.82, 2.24) is 10.3 Å². The largest absolute Gasteiger partial charge is 0.385 e. The molecular weight excluding hydrogens is 242 g/mol. The lowest BCUT2D eigenvalue weighted by Gasteiger charge is -2.12. The van der Waals surface area contributed by atoms with Gasteiger partial charge in [0.2, 0.25) is 0 Å². The van der Waals surface area contributed by atoms with Gasteiger partial charge in [-0.3, -0.25) is 9.78 Å². The van der Waals surface area contributed by atoms with Gasteiger partial charge in [-0.1, -0.05) is 6.92 Å². The Balaban J connectivity index is 2.66. The molecule has 0 atom stereocenters. The van der Waals surface area contributed by atoms with E-state index in [1.165, 1.54) is 0 Å². The summed E-state index contributed by atoms with van der Waals surface area (Å²) in [5.74, 6) is -0.0952. The van der Waals surface area contributed by atoms with Crippen LogP contribution in [0, 0.1) is 6.92 Å². The summed E-state index contributed by atoms with van der Waals surface area (Å²) in [7, 11) is 1.65. The molecule has 0 unspecified atom stereocenters. The van der Waals surface area contributed by atoms with Crippen LogP contribution in [-0.2, 0) is 4.74 Å². The number of anilines is 1. The van der Waals surface area contributed by atoms with Gasteiger partial charge in [0.05, 0.1) is 11.3 Å². The highest BCUT2D eigenvalue weighted by Gasteiger charge is 2.11. The minimum atomic E-state index is -0.0952. The van der Waals surface area contributed by atoms with E-state index in [-0.39, 0.29) is 5.91 Å². The van der Waals surface area contributed by atoms with Gasteiger partial charge >= 0.3 is 0 Å². The van der Waals surface area contributed by atoms with Crippen LogP contribution < -0.4 is 10.6 Å². The van der Waals surface area contributed by atoms with Crippen LogP contribution in [0.1, 0.15) is 35.8 Å². The summed E-state index contributed by atoms with van der Waals surface area (Å²) in [6.45, 7) is 6.09.